The number of aryl methyl sites for hydroxylation is 1. The van der Waals surface area contributed by atoms with Crippen molar-refractivity contribution < 1.29 is 4.58 Å². The molecule has 0 N–H and O–H groups in total. The van der Waals surface area contributed by atoms with Gasteiger partial charge in [0.15, 0.2) is 0 Å². The Morgan fingerprint density at radius 2 is 0.771 bits per heavy atom. The molecule has 2 aliphatic carbocycles. The fourth-order valence-electron chi connectivity index (χ4n) is 10.9. The third-order valence-corrected chi connectivity index (χ3v) is 14.6. The van der Waals surface area contributed by atoms with Gasteiger partial charge in [-0.1, -0.05) is 186 Å². The van der Waals surface area contributed by atoms with Gasteiger partial charge in [0.1, 0.15) is 12.2 Å². The minimum absolute atomic E-state index is 0.0700. The average Bonchev–Trinajstić information content (AvgIpc) is 3.77. The lowest BCUT2D eigenvalue weighted by Crippen LogP contribution is -2.16. The van der Waals surface area contributed by atoms with Gasteiger partial charge in [-0.3, -0.25) is 4.58 Å². The fraction of sp³-hybridized carbons (Fsp3) is 0.104. The van der Waals surface area contributed by atoms with Crippen molar-refractivity contribution >= 4 is 40.8 Å². The molecule has 3 aliphatic rings. The SMILES string of the molecule is C=[N+]1C=CC=C[C-]1c1ccccc1C.CC1(C)c2ccccc2-c2ccc(N(c3ccccc3)c3ccc(-c4ccc(N(c5ccccc5)c5ccc6c(c5)C(C)(C)c5ccccc5-6)cc4)cc3)cc21. The summed E-state index contributed by atoms with van der Waals surface area (Å²) in [7, 11) is 0. The van der Waals surface area contributed by atoms with Crippen LogP contribution in [0.4, 0.5) is 34.1 Å². The predicted octanol–water partition coefficient (Wildman–Crippen LogP) is 17.6. The van der Waals surface area contributed by atoms with Gasteiger partial charge < -0.3 is 9.80 Å². The Morgan fingerprint density at radius 3 is 1.23 bits per heavy atom. The molecule has 340 valence electrons. The number of benzene rings is 9. The van der Waals surface area contributed by atoms with E-state index < -0.39 is 0 Å². The van der Waals surface area contributed by atoms with Crippen LogP contribution in [0.3, 0.4) is 0 Å². The second-order valence-electron chi connectivity index (χ2n) is 19.6. The van der Waals surface area contributed by atoms with Gasteiger partial charge in [0.2, 0.25) is 0 Å². The lowest BCUT2D eigenvalue weighted by molar-refractivity contribution is -0.417. The molecule has 1 heterocycles. The van der Waals surface area contributed by atoms with E-state index in [2.05, 4.69) is 276 Å². The molecule has 70 heavy (non-hydrogen) atoms. The number of anilines is 6. The zero-order valence-corrected chi connectivity index (χ0v) is 40.6. The molecule has 0 radical (unpaired) electrons. The van der Waals surface area contributed by atoms with E-state index in [1.165, 1.54) is 66.8 Å². The van der Waals surface area contributed by atoms with Crippen LogP contribution in [0.15, 0.2) is 243 Å². The molecule has 3 nitrogen and oxygen atoms in total. The van der Waals surface area contributed by atoms with Crippen LogP contribution in [0.2, 0.25) is 0 Å². The van der Waals surface area contributed by atoms with E-state index in [0.717, 1.165) is 40.2 Å². The Bertz CT molecular complexity index is 3260. The van der Waals surface area contributed by atoms with E-state index in [1.807, 2.05) is 22.9 Å². The zero-order chi connectivity index (χ0) is 48.0. The van der Waals surface area contributed by atoms with Crippen LogP contribution in [-0.4, -0.2) is 11.3 Å². The first kappa shape index (κ1) is 44.1. The predicted molar refractivity (Wildman–Crippen MR) is 296 cm³/mol. The molecule has 0 saturated carbocycles. The quantitative estimate of drug-likeness (QED) is 0.111. The third-order valence-electron chi connectivity index (χ3n) is 14.6. The average molecular weight is 904 g/mol. The highest BCUT2D eigenvalue weighted by molar-refractivity contribution is 5.88. The van der Waals surface area contributed by atoms with Crippen molar-refractivity contribution in [3.63, 3.8) is 0 Å². The van der Waals surface area contributed by atoms with Crippen LogP contribution >= 0.6 is 0 Å². The molecule has 0 aromatic heterocycles. The molecule has 0 fully saturated rings. The molecule has 0 unspecified atom stereocenters. The molecular formula is C67H57N3. The number of rotatable bonds is 8. The maximum Gasteiger partial charge on any atom is 0.147 e. The van der Waals surface area contributed by atoms with Gasteiger partial charge in [0.25, 0.3) is 0 Å². The van der Waals surface area contributed by atoms with Crippen molar-refractivity contribution in [1.82, 2.24) is 0 Å². The van der Waals surface area contributed by atoms with Crippen molar-refractivity contribution in [2.24, 2.45) is 0 Å². The monoisotopic (exact) mass is 903 g/mol. The van der Waals surface area contributed by atoms with Crippen LogP contribution in [0, 0.1) is 13.0 Å². The van der Waals surface area contributed by atoms with E-state index in [4.69, 9.17) is 0 Å². The van der Waals surface area contributed by atoms with E-state index in [-0.39, 0.29) is 10.8 Å². The molecule has 1 aliphatic heterocycles. The van der Waals surface area contributed by atoms with Crippen molar-refractivity contribution in [1.29, 1.82) is 0 Å². The topological polar surface area (TPSA) is 9.49 Å². The van der Waals surface area contributed by atoms with E-state index in [9.17, 15) is 0 Å². The number of hydrogen-bond donors (Lipinski definition) is 0. The number of para-hydroxylation sites is 2. The number of hydrogen-bond acceptors (Lipinski definition) is 2. The minimum Gasteiger partial charge on any atom is -0.310 e. The Labute approximate surface area is 414 Å². The molecule has 0 amide bonds. The summed E-state index contributed by atoms with van der Waals surface area (Å²) in [5.74, 6) is 0. The van der Waals surface area contributed by atoms with E-state index in [1.54, 1.807) is 0 Å². The summed E-state index contributed by atoms with van der Waals surface area (Å²) in [6.45, 7) is 15.5. The first-order chi connectivity index (χ1) is 34.1. The number of allylic oxidation sites excluding steroid dienone is 2. The fourth-order valence-corrected chi connectivity index (χ4v) is 10.9. The van der Waals surface area contributed by atoms with Crippen LogP contribution < -0.4 is 9.80 Å². The second-order valence-corrected chi connectivity index (χ2v) is 19.6. The highest BCUT2D eigenvalue weighted by Crippen LogP contribution is 2.52. The second kappa shape index (κ2) is 17.9. The van der Waals surface area contributed by atoms with E-state index >= 15 is 0 Å². The lowest BCUT2D eigenvalue weighted by atomic mass is 9.82. The smallest absolute Gasteiger partial charge is 0.147 e. The van der Waals surface area contributed by atoms with Crippen molar-refractivity contribution in [3.05, 3.63) is 282 Å². The minimum atomic E-state index is -0.0700. The van der Waals surface area contributed by atoms with Crippen molar-refractivity contribution in [3.8, 4) is 33.4 Å². The van der Waals surface area contributed by atoms with Crippen LogP contribution in [-0.2, 0) is 10.8 Å². The normalized spacial score (nSPS) is 14.2. The first-order valence-electron chi connectivity index (χ1n) is 24.4. The Morgan fingerprint density at radius 1 is 0.386 bits per heavy atom. The molecule has 0 bridgehead atoms. The Hall–Kier alpha value is -8.40. The number of fused-ring (bicyclic) bond motifs is 6. The maximum atomic E-state index is 3.95. The van der Waals surface area contributed by atoms with Crippen molar-refractivity contribution in [2.45, 2.75) is 45.4 Å². The summed E-state index contributed by atoms with van der Waals surface area (Å²) in [5.41, 5.74) is 22.5. The van der Waals surface area contributed by atoms with Gasteiger partial charge >= 0.3 is 0 Å². The molecule has 9 aromatic carbocycles. The molecule has 0 atom stereocenters. The standard InChI is InChI=1S/C54H44N2.C13H13N/c1-53(2)49-21-13-11-19-45(49)47-33-31-43(35-51(47)53)55(39-15-7-5-8-16-39)41-27-23-37(24-28-41)38-25-29-42(30-26-38)56(40-17-9-6-10-18-40)44-32-34-48-46-20-12-14-22-50(46)54(3,4)52(48)36-44;1-11-7-3-4-8-12(11)13-9-5-6-10-14(13)2/h5-36H,1-4H3;3-10H,2H2,1H3. The molecular weight excluding hydrogens is 847 g/mol. The summed E-state index contributed by atoms with van der Waals surface area (Å²) >= 11 is 0. The van der Waals surface area contributed by atoms with E-state index in [0.29, 0.717) is 0 Å². The molecule has 12 rings (SSSR count). The third kappa shape index (κ3) is 7.84. The van der Waals surface area contributed by atoms with Crippen LogP contribution in [0.25, 0.3) is 33.4 Å². The van der Waals surface area contributed by atoms with Gasteiger partial charge in [0, 0.05) is 45.0 Å². The van der Waals surface area contributed by atoms with Gasteiger partial charge in [-0.25, -0.2) is 0 Å². The summed E-state index contributed by atoms with van der Waals surface area (Å²) in [6, 6.07) is 80.6. The highest BCUT2D eigenvalue weighted by Gasteiger charge is 2.37. The lowest BCUT2D eigenvalue weighted by Gasteiger charge is -2.28. The number of nitrogens with zero attached hydrogens (tertiary/aromatic N) is 3. The summed E-state index contributed by atoms with van der Waals surface area (Å²) in [4.78, 5) is 4.75. The van der Waals surface area contributed by atoms with Gasteiger partial charge in [-0.15, -0.1) is 12.1 Å². The summed E-state index contributed by atoms with van der Waals surface area (Å²) in [5, 5.41) is 0. The largest absolute Gasteiger partial charge is 0.310 e. The van der Waals surface area contributed by atoms with Gasteiger partial charge in [-0.05, 0) is 140 Å². The molecule has 0 spiro atoms. The Balaban J connectivity index is 0.000000327. The molecule has 3 heteroatoms. The zero-order valence-electron chi connectivity index (χ0n) is 40.6. The van der Waals surface area contributed by atoms with Crippen LogP contribution in [0.5, 0.6) is 0 Å². The first-order valence-corrected chi connectivity index (χ1v) is 24.4. The van der Waals surface area contributed by atoms with Gasteiger partial charge in [0.05, 0.1) is 6.72 Å². The highest BCUT2D eigenvalue weighted by atomic mass is 15.1. The molecule has 0 saturated heterocycles. The summed E-state index contributed by atoms with van der Waals surface area (Å²) in [6.07, 6.45) is 8.05. The van der Waals surface area contributed by atoms with Crippen LogP contribution in [0.1, 0.15) is 61.1 Å². The van der Waals surface area contributed by atoms with Crippen molar-refractivity contribution in [2.75, 3.05) is 9.80 Å². The summed E-state index contributed by atoms with van der Waals surface area (Å²) < 4.78 is 1.89. The maximum absolute atomic E-state index is 3.95. The van der Waals surface area contributed by atoms with Gasteiger partial charge in [-0.2, -0.15) is 0 Å². The molecule has 9 aromatic rings. The Kier molecular flexibility index (Phi) is 11.3.